The monoisotopic (exact) mass is 385 g/mol. The van der Waals surface area contributed by atoms with Crippen molar-refractivity contribution in [3.63, 3.8) is 0 Å². The van der Waals surface area contributed by atoms with Crippen LogP contribution in [0.2, 0.25) is 5.02 Å². The van der Waals surface area contributed by atoms with E-state index in [9.17, 15) is 4.79 Å². The Hall–Kier alpha value is -2.86. The van der Waals surface area contributed by atoms with Crippen LogP contribution in [0.4, 0.5) is 0 Å². The molecule has 0 N–H and O–H groups in total. The summed E-state index contributed by atoms with van der Waals surface area (Å²) in [5.74, 6) is 0.637. The average molecular weight is 386 g/mol. The first-order valence-electron chi connectivity index (χ1n) is 8.51. The lowest BCUT2D eigenvalue weighted by Crippen LogP contribution is -2.15. The summed E-state index contributed by atoms with van der Waals surface area (Å²) in [6, 6.07) is 12.9. The van der Waals surface area contributed by atoms with Gasteiger partial charge in [0.05, 0.1) is 10.7 Å². The molecule has 2 aromatic heterocycles. The van der Waals surface area contributed by atoms with Gasteiger partial charge in [0.2, 0.25) is 0 Å². The molecule has 0 fully saturated rings. The van der Waals surface area contributed by atoms with E-state index in [1.807, 2.05) is 51.1 Å². The van der Waals surface area contributed by atoms with Gasteiger partial charge in [0.15, 0.2) is 11.5 Å². The van der Waals surface area contributed by atoms with Gasteiger partial charge in [-0.05, 0) is 56.7 Å². The second kappa shape index (κ2) is 8.22. The van der Waals surface area contributed by atoms with Crippen LogP contribution in [0.15, 0.2) is 42.5 Å². The van der Waals surface area contributed by atoms with Gasteiger partial charge in [-0.2, -0.15) is 5.10 Å². The first kappa shape index (κ1) is 18.9. The topological polar surface area (TPSA) is 66.2 Å². The van der Waals surface area contributed by atoms with E-state index in [1.165, 1.54) is 0 Å². The zero-order valence-electron chi connectivity index (χ0n) is 15.4. The lowest BCUT2D eigenvalue weighted by atomic mass is 10.2. The Morgan fingerprint density at radius 3 is 2.63 bits per heavy atom. The molecule has 0 aliphatic rings. The van der Waals surface area contributed by atoms with Crippen molar-refractivity contribution >= 4 is 17.6 Å². The molecule has 0 unspecified atom stereocenters. The molecule has 3 rings (SSSR count). The largest absolute Gasteiger partial charge is 0.490 e. The third kappa shape index (κ3) is 4.65. The predicted molar refractivity (Wildman–Crippen MR) is 103 cm³/mol. The van der Waals surface area contributed by atoms with Gasteiger partial charge in [0.25, 0.3) is 0 Å². The number of aryl methyl sites for hydroxylation is 3. The van der Waals surface area contributed by atoms with Gasteiger partial charge < -0.3 is 9.47 Å². The number of pyridine rings is 1. The number of esters is 1. The number of rotatable bonds is 6. The molecule has 0 aliphatic heterocycles. The number of benzene rings is 1. The van der Waals surface area contributed by atoms with Crippen molar-refractivity contribution in [1.29, 1.82) is 0 Å². The highest BCUT2D eigenvalue weighted by Gasteiger charge is 2.16. The average Bonchev–Trinajstić information content (AvgIpc) is 2.97. The molecule has 140 valence electrons. The van der Waals surface area contributed by atoms with Crippen molar-refractivity contribution in [2.24, 2.45) is 0 Å². The lowest BCUT2D eigenvalue weighted by molar-refractivity contribution is 0.0443. The van der Waals surface area contributed by atoms with Gasteiger partial charge in [-0.25, -0.2) is 14.5 Å². The molecule has 1 aromatic carbocycles. The second-order valence-corrected chi connectivity index (χ2v) is 6.55. The number of carbonyl (C=O) groups excluding carboxylic acids is 1. The van der Waals surface area contributed by atoms with Gasteiger partial charge >= 0.3 is 5.97 Å². The standard InChI is InChI=1S/C20H20ClN3O3/c1-13-5-4-6-16(11-13)26-9-10-27-20(25)19-17(21)7-8-18(22-19)24-15(3)12-14(2)23-24/h4-8,11-12H,9-10H2,1-3H3. The van der Waals surface area contributed by atoms with Crippen molar-refractivity contribution in [1.82, 2.24) is 14.8 Å². The molecule has 2 heterocycles. The quantitative estimate of drug-likeness (QED) is 0.472. The fourth-order valence-corrected chi connectivity index (χ4v) is 2.80. The minimum Gasteiger partial charge on any atom is -0.490 e. The Morgan fingerprint density at radius 1 is 1.11 bits per heavy atom. The fourth-order valence-electron chi connectivity index (χ4n) is 2.62. The Labute approximate surface area is 162 Å². The summed E-state index contributed by atoms with van der Waals surface area (Å²) in [4.78, 5) is 16.7. The van der Waals surface area contributed by atoms with Crippen LogP contribution in [0.25, 0.3) is 5.82 Å². The van der Waals surface area contributed by atoms with Gasteiger partial charge in [0.1, 0.15) is 19.0 Å². The number of halogens is 1. The third-order valence-electron chi connectivity index (χ3n) is 3.83. The summed E-state index contributed by atoms with van der Waals surface area (Å²) in [6.45, 7) is 6.12. The Kier molecular flexibility index (Phi) is 5.76. The summed E-state index contributed by atoms with van der Waals surface area (Å²) in [7, 11) is 0. The van der Waals surface area contributed by atoms with E-state index >= 15 is 0 Å². The molecule has 0 saturated heterocycles. The maximum absolute atomic E-state index is 12.4. The normalized spacial score (nSPS) is 10.7. The summed E-state index contributed by atoms with van der Waals surface area (Å²) < 4.78 is 12.5. The summed E-state index contributed by atoms with van der Waals surface area (Å²) in [5, 5.41) is 4.59. The molecular formula is C20H20ClN3O3. The van der Waals surface area contributed by atoms with Crippen LogP contribution in [0, 0.1) is 20.8 Å². The fraction of sp³-hybridized carbons (Fsp3) is 0.250. The molecule has 0 amide bonds. The van der Waals surface area contributed by atoms with E-state index in [2.05, 4.69) is 10.1 Å². The highest BCUT2D eigenvalue weighted by molar-refractivity contribution is 6.33. The van der Waals surface area contributed by atoms with Crippen LogP contribution in [0.5, 0.6) is 5.75 Å². The lowest BCUT2D eigenvalue weighted by Gasteiger charge is -2.10. The highest BCUT2D eigenvalue weighted by Crippen LogP contribution is 2.19. The highest BCUT2D eigenvalue weighted by atomic mass is 35.5. The van der Waals surface area contributed by atoms with Crippen LogP contribution in [-0.4, -0.2) is 33.9 Å². The van der Waals surface area contributed by atoms with E-state index in [4.69, 9.17) is 21.1 Å². The van der Waals surface area contributed by atoms with Crippen LogP contribution < -0.4 is 4.74 Å². The first-order valence-corrected chi connectivity index (χ1v) is 8.88. The van der Waals surface area contributed by atoms with Crippen molar-refractivity contribution in [2.45, 2.75) is 20.8 Å². The van der Waals surface area contributed by atoms with Crippen molar-refractivity contribution in [2.75, 3.05) is 13.2 Å². The van der Waals surface area contributed by atoms with Crippen molar-refractivity contribution in [3.05, 3.63) is 70.1 Å². The van der Waals surface area contributed by atoms with E-state index in [0.717, 1.165) is 22.7 Å². The second-order valence-electron chi connectivity index (χ2n) is 6.14. The Bertz CT molecular complexity index is 969. The minimum atomic E-state index is -0.601. The van der Waals surface area contributed by atoms with Crippen LogP contribution in [0.1, 0.15) is 27.4 Å². The predicted octanol–water partition coefficient (Wildman–Crippen LogP) is 4.08. The number of ether oxygens (including phenoxy) is 2. The van der Waals surface area contributed by atoms with Gasteiger partial charge in [0, 0.05) is 5.69 Å². The Morgan fingerprint density at radius 2 is 1.93 bits per heavy atom. The SMILES string of the molecule is Cc1cccc(OCCOC(=O)c2nc(-n3nc(C)cc3C)ccc2Cl)c1. The van der Waals surface area contributed by atoms with Gasteiger partial charge in [-0.15, -0.1) is 0 Å². The van der Waals surface area contributed by atoms with E-state index in [-0.39, 0.29) is 23.9 Å². The number of aromatic nitrogens is 3. The molecule has 0 bridgehead atoms. The third-order valence-corrected chi connectivity index (χ3v) is 4.13. The van der Waals surface area contributed by atoms with E-state index < -0.39 is 5.97 Å². The molecule has 0 atom stereocenters. The Balaban J connectivity index is 1.64. The van der Waals surface area contributed by atoms with Gasteiger partial charge in [-0.3, -0.25) is 0 Å². The number of hydrogen-bond acceptors (Lipinski definition) is 5. The zero-order valence-corrected chi connectivity index (χ0v) is 16.2. The van der Waals surface area contributed by atoms with Crippen LogP contribution in [-0.2, 0) is 4.74 Å². The van der Waals surface area contributed by atoms with Crippen molar-refractivity contribution < 1.29 is 14.3 Å². The maximum atomic E-state index is 12.4. The molecule has 0 radical (unpaired) electrons. The number of carbonyl (C=O) groups is 1. The van der Waals surface area contributed by atoms with Crippen LogP contribution in [0.3, 0.4) is 0 Å². The van der Waals surface area contributed by atoms with Crippen molar-refractivity contribution in [3.8, 4) is 11.6 Å². The van der Waals surface area contributed by atoms with E-state index in [1.54, 1.807) is 16.8 Å². The molecule has 3 aromatic rings. The molecular weight excluding hydrogens is 366 g/mol. The zero-order chi connectivity index (χ0) is 19.4. The molecule has 6 nitrogen and oxygen atoms in total. The van der Waals surface area contributed by atoms with E-state index in [0.29, 0.717) is 5.82 Å². The number of nitrogens with zero attached hydrogens (tertiary/aromatic N) is 3. The molecule has 0 spiro atoms. The molecule has 7 heteroatoms. The maximum Gasteiger partial charge on any atom is 0.358 e. The number of hydrogen-bond donors (Lipinski definition) is 0. The van der Waals surface area contributed by atoms with Gasteiger partial charge in [-0.1, -0.05) is 23.7 Å². The summed E-state index contributed by atoms with van der Waals surface area (Å²) >= 11 is 6.13. The first-order chi connectivity index (χ1) is 12.9. The summed E-state index contributed by atoms with van der Waals surface area (Å²) in [5.41, 5.74) is 2.92. The molecule has 0 saturated carbocycles. The molecule has 0 aliphatic carbocycles. The minimum absolute atomic E-state index is 0.0530. The van der Waals surface area contributed by atoms with Crippen LogP contribution >= 0.6 is 11.6 Å². The molecule has 27 heavy (non-hydrogen) atoms. The smallest absolute Gasteiger partial charge is 0.358 e. The summed E-state index contributed by atoms with van der Waals surface area (Å²) in [6.07, 6.45) is 0.